The van der Waals surface area contributed by atoms with Crippen molar-refractivity contribution in [1.82, 2.24) is 5.32 Å². The number of carbonyl (C=O) groups is 2. The van der Waals surface area contributed by atoms with Crippen molar-refractivity contribution in [2.75, 3.05) is 25.6 Å². The number of benzene rings is 1. The fourth-order valence-electron chi connectivity index (χ4n) is 1.92. The van der Waals surface area contributed by atoms with E-state index >= 15 is 0 Å². The number of methoxy groups -OCH3 is 1. The lowest BCUT2D eigenvalue weighted by Crippen LogP contribution is -2.45. The summed E-state index contributed by atoms with van der Waals surface area (Å²) >= 11 is 0. The van der Waals surface area contributed by atoms with Crippen LogP contribution in [0.3, 0.4) is 0 Å². The van der Waals surface area contributed by atoms with Gasteiger partial charge in [-0.1, -0.05) is 0 Å². The van der Waals surface area contributed by atoms with E-state index < -0.39 is 5.41 Å². The first-order chi connectivity index (χ1) is 11.3. The van der Waals surface area contributed by atoms with Gasteiger partial charge in [0, 0.05) is 25.9 Å². The molecule has 0 saturated heterocycles. The van der Waals surface area contributed by atoms with Crippen molar-refractivity contribution in [3.8, 4) is 5.75 Å². The van der Waals surface area contributed by atoms with Gasteiger partial charge in [0.05, 0.1) is 6.10 Å². The van der Waals surface area contributed by atoms with Gasteiger partial charge in [-0.25, -0.2) is 0 Å². The van der Waals surface area contributed by atoms with Crippen LogP contribution in [-0.4, -0.2) is 38.2 Å². The van der Waals surface area contributed by atoms with E-state index in [2.05, 4.69) is 10.6 Å². The molecule has 1 aromatic rings. The third kappa shape index (κ3) is 6.20. The molecule has 1 rings (SSSR count). The molecular formula is C18H28N2O4. The van der Waals surface area contributed by atoms with Gasteiger partial charge in [0.2, 0.25) is 11.8 Å². The summed E-state index contributed by atoms with van der Waals surface area (Å²) in [7, 11) is 1.61. The Hall–Kier alpha value is -2.08. The number of ether oxygens (including phenoxy) is 2. The summed E-state index contributed by atoms with van der Waals surface area (Å²) in [4.78, 5) is 24.6. The van der Waals surface area contributed by atoms with Crippen LogP contribution in [0.5, 0.6) is 5.75 Å². The second-order valence-corrected chi connectivity index (χ2v) is 6.37. The second kappa shape index (κ2) is 9.27. The highest BCUT2D eigenvalue weighted by Gasteiger charge is 2.35. The first-order valence-corrected chi connectivity index (χ1v) is 8.12. The Kier molecular flexibility index (Phi) is 7.71. The van der Waals surface area contributed by atoms with E-state index in [9.17, 15) is 9.59 Å². The van der Waals surface area contributed by atoms with Gasteiger partial charge in [-0.05, 0) is 58.4 Å². The Bertz CT molecular complexity index is 538. The smallest absolute Gasteiger partial charge is 0.239 e. The molecule has 0 bridgehead atoms. The predicted molar refractivity (Wildman–Crippen MR) is 94.1 cm³/mol. The summed E-state index contributed by atoms with van der Waals surface area (Å²) in [5, 5.41) is 5.52. The molecule has 0 saturated carbocycles. The van der Waals surface area contributed by atoms with Crippen molar-refractivity contribution in [3.63, 3.8) is 0 Å². The molecule has 1 aromatic carbocycles. The molecule has 6 heteroatoms. The molecule has 2 N–H and O–H groups in total. The largest absolute Gasteiger partial charge is 0.491 e. The number of anilines is 1. The molecule has 0 radical (unpaired) electrons. The van der Waals surface area contributed by atoms with E-state index in [1.165, 1.54) is 0 Å². The van der Waals surface area contributed by atoms with E-state index in [-0.39, 0.29) is 17.9 Å². The molecule has 0 unspecified atom stereocenters. The molecule has 0 aliphatic heterocycles. The van der Waals surface area contributed by atoms with Gasteiger partial charge < -0.3 is 20.1 Å². The number of hydrogen-bond acceptors (Lipinski definition) is 4. The topological polar surface area (TPSA) is 76.7 Å². The average molecular weight is 336 g/mol. The lowest BCUT2D eigenvalue weighted by atomic mass is 9.91. The molecular weight excluding hydrogens is 308 g/mol. The van der Waals surface area contributed by atoms with Crippen LogP contribution in [0.4, 0.5) is 5.69 Å². The molecule has 6 nitrogen and oxygen atoms in total. The van der Waals surface area contributed by atoms with Gasteiger partial charge in [-0.15, -0.1) is 0 Å². The fraction of sp³-hybridized carbons (Fsp3) is 0.556. The van der Waals surface area contributed by atoms with Gasteiger partial charge in [-0.3, -0.25) is 9.59 Å². The standard InChI is InChI=1S/C18H28N2O4/c1-13(2)24-15-9-7-14(8-10-15)20-17(22)18(3,4)16(21)19-11-6-12-23-5/h7-10,13H,6,11-12H2,1-5H3,(H,19,21)(H,20,22). The van der Waals surface area contributed by atoms with Crippen molar-refractivity contribution in [2.45, 2.75) is 40.2 Å². The van der Waals surface area contributed by atoms with Crippen LogP contribution in [0.15, 0.2) is 24.3 Å². The summed E-state index contributed by atoms with van der Waals surface area (Å²) in [6.45, 7) is 8.14. The first kappa shape index (κ1) is 20.0. The van der Waals surface area contributed by atoms with Crippen LogP contribution < -0.4 is 15.4 Å². The van der Waals surface area contributed by atoms with E-state index in [4.69, 9.17) is 9.47 Å². The molecule has 0 heterocycles. The quantitative estimate of drug-likeness (QED) is 0.537. The summed E-state index contributed by atoms with van der Waals surface area (Å²) < 4.78 is 10.5. The molecule has 0 fully saturated rings. The Labute approximate surface area is 143 Å². The molecule has 0 aliphatic carbocycles. The van der Waals surface area contributed by atoms with E-state index in [1.807, 2.05) is 13.8 Å². The second-order valence-electron chi connectivity index (χ2n) is 6.37. The van der Waals surface area contributed by atoms with Crippen molar-refractivity contribution in [3.05, 3.63) is 24.3 Å². The molecule has 2 amide bonds. The number of hydrogen-bond donors (Lipinski definition) is 2. The fourth-order valence-corrected chi connectivity index (χ4v) is 1.92. The number of carbonyl (C=O) groups excluding carboxylic acids is 2. The van der Waals surface area contributed by atoms with E-state index in [1.54, 1.807) is 45.2 Å². The number of amides is 2. The van der Waals surface area contributed by atoms with Gasteiger partial charge in [0.15, 0.2) is 0 Å². The Morgan fingerprint density at radius 2 is 1.75 bits per heavy atom. The van der Waals surface area contributed by atoms with Crippen LogP contribution in [0.1, 0.15) is 34.1 Å². The zero-order valence-electron chi connectivity index (χ0n) is 15.1. The number of nitrogens with one attached hydrogen (secondary N) is 2. The Morgan fingerprint density at radius 3 is 2.29 bits per heavy atom. The van der Waals surface area contributed by atoms with Crippen LogP contribution >= 0.6 is 0 Å². The Morgan fingerprint density at radius 1 is 1.12 bits per heavy atom. The van der Waals surface area contributed by atoms with Crippen molar-refractivity contribution in [1.29, 1.82) is 0 Å². The minimum absolute atomic E-state index is 0.0891. The molecule has 0 aliphatic rings. The molecule has 134 valence electrons. The molecule has 0 atom stereocenters. The van der Waals surface area contributed by atoms with Gasteiger partial charge in [-0.2, -0.15) is 0 Å². The Balaban J connectivity index is 2.59. The van der Waals surface area contributed by atoms with E-state index in [0.717, 1.165) is 5.75 Å². The highest BCUT2D eigenvalue weighted by Crippen LogP contribution is 2.21. The average Bonchev–Trinajstić information content (AvgIpc) is 2.52. The van der Waals surface area contributed by atoms with Crippen LogP contribution in [0.25, 0.3) is 0 Å². The summed E-state index contributed by atoms with van der Waals surface area (Å²) in [5.74, 6) is 0.0679. The maximum absolute atomic E-state index is 12.4. The zero-order chi connectivity index (χ0) is 18.2. The number of rotatable bonds is 9. The van der Waals surface area contributed by atoms with E-state index in [0.29, 0.717) is 25.3 Å². The maximum Gasteiger partial charge on any atom is 0.239 e. The van der Waals surface area contributed by atoms with Crippen molar-refractivity contribution < 1.29 is 19.1 Å². The summed E-state index contributed by atoms with van der Waals surface area (Å²) in [5.41, 5.74) is -0.545. The molecule has 0 aromatic heterocycles. The minimum atomic E-state index is -1.17. The zero-order valence-corrected chi connectivity index (χ0v) is 15.1. The van der Waals surface area contributed by atoms with Crippen LogP contribution in [0, 0.1) is 5.41 Å². The lowest BCUT2D eigenvalue weighted by Gasteiger charge is -2.22. The third-order valence-corrected chi connectivity index (χ3v) is 3.43. The maximum atomic E-state index is 12.4. The predicted octanol–water partition coefficient (Wildman–Crippen LogP) is 2.59. The van der Waals surface area contributed by atoms with Crippen LogP contribution in [-0.2, 0) is 14.3 Å². The summed E-state index contributed by atoms with van der Waals surface area (Å²) in [6.07, 6.45) is 0.795. The van der Waals surface area contributed by atoms with Crippen molar-refractivity contribution >= 4 is 17.5 Å². The molecule has 0 spiro atoms. The van der Waals surface area contributed by atoms with Crippen LogP contribution in [0.2, 0.25) is 0 Å². The third-order valence-electron chi connectivity index (χ3n) is 3.43. The van der Waals surface area contributed by atoms with Gasteiger partial charge >= 0.3 is 0 Å². The lowest BCUT2D eigenvalue weighted by molar-refractivity contribution is -0.138. The van der Waals surface area contributed by atoms with Gasteiger partial charge in [0.1, 0.15) is 11.2 Å². The van der Waals surface area contributed by atoms with Crippen molar-refractivity contribution in [2.24, 2.45) is 5.41 Å². The molecule has 24 heavy (non-hydrogen) atoms. The normalized spacial score (nSPS) is 11.2. The minimum Gasteiger partial charge on any atom is -0.491 e. The highest BCUT2D eigenvalue weighted by molar-refractivity contribution is 6.09. The summed E-state index contributed by atoms with van der Waals surface area (Å²) in [6, 6.07) is 7.07. The SMILES string of the molecule is COCCCNC(=O)C(C)(C)C(=O)Nc1ccc(OC(C)C)cc1. The van der Waals surface area contributed by atoms with Gasteiger partial charge in [0.25, 0.3) is 0 Å². The highest BCUT2D eigenvalue weighted by atomic mass is 16.5. The first-order valence-electron chi connectivity index (χ1n) is 8.12. The monoisotopic (exact) mass is 336 g/mol.